The SMILES string of the molecule is C=CCN1CCC(NC(=O)N2CCCC[C@H]2c2cn[nH]c2)CC1. The molecule has 126 valence electrons. The molecule has 0 aliphatic carbocycles. The van der Waals surface area contributed by atoms with Gasteiger partial charge >= 0.3 is 6.03 Å². The van der Waals surface area contributed by atoms with Gasteiger partial charge in [-0.05, 0) is 32.1 Å². The maximum absolute atomic E-state index is 12.7. The molecule has 6 heteroatoms. The number of H-pyrrole nitrogens is 1. The van der Waals surface area contributed by atoms with E-state index in [2.05, 4.69) is 27.0 Å². The van der Waals surface area contributed by atoms with Crippen molar-refractivity contribution in [2.75, 3.05) is 26.2 Å². The largest absolute Gasteiger partial charge is 0.335 e. The molecule has 3 rings (SSSR count). The van der Waals surface area contributed by atoms with E-state index in [4.69, 9.17) is 0 Å². The van der Waals surface area contributed by atoms with Gasteiger partial charge in [0.25, 0.3) is 0 Å². The van der Waals surface area contributed by atoms with Crippen molar-refractivity contribution in [3.63, 3.8) is 0 Å². The monoisotopic (exact) mass is 317 g/mol. The molecule has 2 amide bonds. The predicted octanol–water partition coefficient (Wildman–Crippen LogP) is 2.30. The maximum Gasteiger partial charge on any atom is 0.318 e. The molecule has 0 spiro atoms. The van der Waals surface area contributed by atoms with Gasteiger partial charge < -0.3 is 10.2 Å². The Morgan fingerprint density at radius 1 is 1.35 bits per heavy atom. The Balaban J connectivity index is 1.55. The van der Waals surface area contributed by atoms with Crippen LogP contribution in [0, 0.1) is 0 Å². The molecule has 0 unspecified atom stereocenters. The lowest BCUT2D eigenvalue weighted by molar-refractivity contribution is 0.141. The number of rotatable bonds is 4. The van der Waals surface area contributed by atoms with Crippen LogP contribution in [0.2, 0.25) is 0 Å². The Bertz CT molecular complexity index is 507. The number of carbonyl (C=O) groups excluding carboxylic acids is 1. The summed E-state index contributed by atoms with van der Waals surface area (Å²) in [6, 6.07) is 0.525. The van der Waals surface area contributed by atoms with E-state index in [0.717, 1.165) is 57.4 Å². The van der Waals surface area contributed by atoms with Crippen LogP contribution >= 0.6 is 0 Å². The first-order valence-corrected chi connectivity index (χ1v) is 8.67. The van der Waals surface area contributed by atoms with E-state index < -0.39 is 0 Å². The third kappa shape index (κ3) is 3.93. The minimum atomic E-state index is 0.0815. The summed E-state index contributed by atoms with van der Waals surface area (Å²) in [4.78, 5) is 17.1. The van der Waals surface area contributed by atoms with Crippen molar-refractivity contribution in [2.24, 2.45) is 0 Å². The van der Waals surface area contributed by atoms with Crippen LogP contribution in [0.25, 0.3) is 0 Å². The summed E-state index contributed by atoms with van der Waals surface area (Å²) in [7, 11) is 0. The molecule has 0 aromatic carbocycles. The van der Waals surface area contributed by atoms with E-state index >= 15 is 0 Å². The van der Waals surface area contributed by atoms with E-state index in [1.165, 1.54) is 6.42 Å². The van der Waals surface area contributed by atoms with Gasteiger partial charge in [-0.3, -0.25) is 10.00 Å². The quantitative estimate of drug-likeness (QED) is 0.838. The number of nitrogens with one attached hydrogen (secondary N) is 2. The van der Waals surface area contributed by atoms with Gasteiger partial charge in [0, 0.05) is 44.0 Å². The molecule has 2 N–H and O–H groups in total. The topological polar surface area (TPSA) is 64.3 Å². The van der Waals surface area contributed by atoms with Crippen molar-refractivity contribution in [3.05, 3.63) is 30.6 Å². The fourth-order valence-electron chi connectivity index (χ4n) is 3.66. The number of carbonyl (C=O) groups is 1. The number of piperidine rings is 2. The number of hydrogen-bond donors (Lipinski definition) is 2. The Hall–Kier alpha value is -1.82. The average molecular weight is 317 g/mol. The van der Waals surface area contributed by atoms with Crippen LogP contribution in [-0.4, -0.2) is 58.2 Å². The minimum absolute atomic E-state index is 0.0815. The Labute approximate surface area is 137 Å². The number of likely N-dealkylation sites (tertiary alicyclic amines) is 2. The summed E-state index contributed by atoms with van der Waals surface area (Å²) in [6.45, 7) is 7.62. The normalized spacial score (nSPS) is 23.7. The van der Waals surface area contributed by atoms with E-state index in [9.17, 15) is 4.79 Å². The molecular weight excluding hydrogens is 290 g/mol. The molecule has 23 heavy (non-hydrogen) atoms. The molecule has 6 nitrogen and oxygen atoms in total. The second-order valence-electron chi connectivity index (χ2n) is 6.55. The summed E-state index contributed by atoms with van der Waals surface area (Å²) in [6.07, 6.45) is 11.0. The van der Waals surface area contributed by atoms with Crippen LogP contribution in [0.3, 0.4) is 0 Å². The third-order valence-electron chi connectivity index (χ3n) is 4.97. The number of nitrogens with zero attached hydrogens (tertiary/aromatic N) is 3. The zero-order valence-corrected chi connectivity index (χ0v) is 13.7. The third-order valence-corrected chi connectivity index (χ3v) is 4.97. The lowest BCUT2D eigenvalue weighted by Gasteiger charge is -2.38. The molecule has 1 atom stereocenters. The smallest absolute Gasteiger partial charge is 0.318 e. The van der Waals surface area contributed by atoms with Crippen LogP contribution in [0.15, 0.2) is 25.0 Å². The summed E-state index contributed by atoms with van der Waals surface area (Å²) >= 11 is 0. The molecule has 0 radical (unpaired) electrons. The highest BCUT2D eigenvalue weighted by atomic mass is 16.2. The van der Waals surface area contributed by atoms with Gasteiger partial charge in [-0.25, -0.2) is 4.79 Å². The molecule has 3 heterocycles. The van der Waals surface area contributed by atoms with Crippen molar-refractivity contribution >= 4 is 6.03 Å². The van der Waals surface area contributed by atoms with Crippen LogP contribution < -0.4 is 5.32 Å². The molecular formula is C17H27N5O. The molecule has 1 aromatic rings. The van der Waals surface area contributed by atoms with Crippen molar-refractivity contribution in [3.8, 4) is 0 Å². The Morgan fingerprint density at radius 2 is 2.17 bits per heavy atom. The van der Waals surface area contributed by atoms with Gasteiger partial charge in [-0.1, -0.05) is 6.08 Å². The van der Waals surface area contributed by atoms with Crippen LogP contribution in [0.5, 0.6) is 0 Å². The summed E-state index contributed by atoms with van der Waals surface area (Å²) in [5.74, 6) is 0. The lowest BCUT2D eigenvalue weighted by Crippen LogP contribution is -2.51. The highest BCUT2D eigenvalue weighted by Gasteiger charge is 2.30. The number of aromatic nitrogens is 2. The fourth-order valence-corrected chi connectivity index (χ4v) is 3.66. The standard InChI is InChI=1S/C17H27N5O/c1-2-8-21-10-6-15(7-11-21)20-17(23)22-9-4-3-5-16(22)14-12-18-19-13-14/h2,12-13,15-16H,1,3-11H2,(H,18,19)(H,20,23)/t16-/m0/s1. The summed E-state index contributed by atoms with van der Waals surface area (Å²) < 4.78 is 0. The maximum atomic E-state index is 12.7. The van der Waals surface area contributed by atoms with Gasteiger partial charge in [-0.15, -0.1) is 6.58 Å². The van der Waals surface area contributed by atoms with Gasteiger partial charge in [0.05, 0.1) is 12.2 Å². The molecule has 2 saturated heterocycles. The number of urea groups is 1. The Morgan fingerprint density at radius 3 is 2.87 bits per heavy atom. The number of amides is 2. The summed E-state index contributed by atoms with van der Waals surface area (Å²) in [5.41, 5.74) is 1.11. The van der Waals surface area contributed by atoms with Crippen LogP contribution in [0.1, 0.15) is 43.7 Å². The zero-order valence-electron chi connectivity index (χ0n) is 13.7. The highest BCUT2D eigenvalue weighted by Crippen LogP contribution is 2.30. The van der Waals surface area contributed by atoms with Crippen molar-refractivity contribution < 1.29 is 4.79 Å². The first kappa shape index (κ1) is 16.1. The van der Waals surface area contributed by atoms with Crippen molar-refractivity contribution in [1.29, 1.82) is 0 Å². The first-order valence-electron chi connectivity index (χ1n) is 8.67. The fraction of sp³-hybridized carbons (Fsp3) is 0.647. The molecule has 2 aliphatic heterocycles. The molecule has 2 fully saturated rings. The molecule has 2 aliphatic rings. The van der Waals surface area contributed by atoms with Crippen molar-refractivity contribution in [2.45, 2.75) is 44.2 Å². The minimum Gasteiger partial charge on any atom is -0.335 e. The average Bonchev–Trinajstić information content (AvgIpc) is 3.11. The Kier molecular flexibility index (Phi) is 5.33. The van der Waals surface area contributed by atoms with Gasteiger partial charge in [0.15, 0.2) is 0 Å². The molecule has 0 bridgehead atoms. The second kappa shape index (κ2) is 7.64. The van der Waals surface area contributed by atoms with Gasteiger partial charge in [0.2, 0.25) is 0 Å². The highest BCUT2D eigenvalue weighted by molar-refractivity contribution is 5.75. The molecule has 1 aromatic heterocycles. The van der Waals surface area contributed by atoms with E-state index in [1.807, 2.05) is 23.4 Å². The van der Waals surface area contributed by atoms with E-state index in [0.29, 0.717) is 0 Å². The van der Waals surface area contributed by atoms with E-state index in [-0.39, 0.29) is 18.1 Å². The first-order chi connectivity index (χ1) is 11.3. The molecule has 0 saturated carbocycles. The van der Waals surface area contributed by atoms with Gasteiger partial charge in [0.1, 0.15) is 0 Å². The second-order valence-corrected chi connectivity index (χ2v) is 6.55. The van der Waals surface area contributed by atoms with E-state index in [1.54, 1.807) is 0 Å². The van der Waals surface area contributed by atoms with Crippen LogP contribution in [-0.2, 0) is 0 Å². The predicted molar refractivity (Wildman–Crippen MR) is 90.1 cm³/mol. The van der Waals surface area contributed by atoms with Crippen molar-refractivity contribution in [1.82, 2.24) is 25.3 Å². The number of hydrogen-bond acceptors (Lipinski definition) is 3. The number of aromatic amines is 1. The lowest BCUT2D eigenvalue weighted by atomic mass is 9.98. The van der Waals surface area contributed by atoms with Gasteiger partial charge in [-0.2, -0.15) is 5.10 Å². The van der Waals surface area contributed by atoms with Crippen LogP contribution in [0.4, 0.5) is 4.79 Å². The summed E-state index contributed by atoms with van der Waals surface area (Å²) in [5, 5.41) is 10.1. The zero-order chi connectivity index (χ0) is 16.1.